The molecule has 0 aliphatic rings. The number of hydrogen-bond acceptors (Lipinski definition) is 8. The Morgan fingerprint density at radius 1 is 1.03 bits per heavy atom. The number of aromatic nitrogens is 2. The van der Waals surface area contributed by atoms with Gasteiger partial charge < -0.3 is 14.2 Å². The summed E-state index contributed by atoms with van der Waals surface area (Å²) < 4.78 is 16.4. The number of nitriles is 1. The summed E-state index contributed by atoms with van der Waals surface area (Å²) in [6, 6.07) is 16.3. The summed E-state index contributed by atoms with van der Waals surface area (Å²) in [4.78, 5) is 12.4. The first-order chi connectivity index (χ1) is 16.0. The van der Waals surface area contributed by atoms with E-state index in [1.165, 1.54) is 17.4 Å². The van der Waals surface area contributed by atoms with Crippen molar-refractivity contribution >= 4 is 28.5 Å². The van der Waals surface area contributed by atoms with Crippen LogP contribution < -0.4 is 19.5 Å². The minimum Gasteiger partial charge on any atom is -0.497 e. The van der Waals surface area contributed by atoms with Crippen molar-refractivity contribution in [3.8, 4) is 23.3 Å². The number of rotatable bonds is 10. The van der Waals surface area contributed by atoms with E-state index in [1.54, 1.807) is 31.4 Å². The molecule has 3 aromatic rings. The Hall–Kier alpha value is -3.90. The van der Waals surface area contributed by atoms with Crippen molar-refractivity contribution in [1.82, 2.24) is 10.2 Å². The summed E-state index contributed by atoms with van der Waals surface area (Å²) in [7, 11) is 1.61. The maximum absolute atomic E-state index is 12.4. The van der Waals surface area contributed by atoms with E-state index in [4.69, 9.17) is 14.2 Å². The maximum Gasteiger partial charge on any atom is 0.268 e. The highest BCUT2D eigenvalue weighted by Crippen LogP contribution is 2.23. The third-order valence-corrected chi connectivity index (χ3v) is 5.53. The van der Waals surface area contributed by atoms with Gasteiger partial charge in [0, 0.05) is 5.92 Å². The third kappa shape index (κ3) is 7.05. The van der Waals surface area contributed by atoms with Gasteiger partial charge in [-0.15, -0.1) is 10.2 Å². The molecule has 0 unspecified atom stereocenters. The quantitative estimate of drug-likeness (QED) is 0.264. The number of carbonyl (C=O) groups is 1. The Bertz CT molecular complexity index is 1130. The second-order valence-electron chi connectivity index (χ2n) is 7.17. The van der Waals surface area contributed by atoms with Gasteiger partial charge >= 0.3 is 0 Å². The predicted octanol–water partition coefficient (Wildman–Crippen LogP) is 4.67. The van der Waals surface area contributed by atoms with E-state index in [0.29, 0.717) is 29.7 Å². The first kappa shape index (κ1) is 23.8. The van der Waals surface area contributed by atoms with Crippen LogP contribution in [0.1, 0.15) is 30.3 Å². The normalized spacial score (nSPS) is 11.1. The zero-order valence-corrected chi connectivity index (χ0v) is 19.4. The highest BCUT2D eigenvalue weighted by molar-refractivity contribution is 7.15. The van der Waals surface area contributed by atoms with Gasteiger partial charge in [0.15, 0.2) is 0 Å². The zero-order valence-electron chi connectivity index (χ0n) is 18.6. The Morgan fingerprint density at radius 3 is 2.12 bits per heavy atom. The molecule has 0 saturated carbocycles. The summed E-state index contributed by atoms with van der Waals surface area (Å²) in [6.45, 7) is 4.74. The van der Waals surface area contributed by atoms with Gasteiger partial charge in [0.1, 0.15) is 47.1 Å². The van der Waals surface area contributed by atoms with Gasteiger partial charge in [0.05, 0.1) is 7.11 Å². The number of anilines is 1. The molecule has 8 nitrogen and oxygen atoms in total. The summed E-state index contributed by atoms with van der Waals surface area (Å²) >= 11 is 1.29. The fraction of sp³-hybridized carbons (Fsp3) is 0.250. The van der Waals surface area contributed by atoms with Gasteiger partial charge in [0.2, 0.25) is 5.13 Å². The lowest BCUT2D eigenvalue weighted by atomic mass is 10.1. The van der Waals surface area contributed by atoms with Crippen molar-refractivity contribution in [2.24, 2.45) is 0 Å². The monoisotopic (exact) mass is 464 g/mol. The minimum atomic E-state index is -0.528. The van der Waals surface area contributed by atoms with Crippen LogP contribution in [-0.2, 0) is 4.79 Å². The fourth-order valence-corrected chi connectivity index (χ4v) is 3.39. The van der Waals surface area contributed by atoms with Crippen molar-refractivity contribution in [2.45, 2.75) is 19.8 Å². The van der Waals surface area contributed by atoms with Gasteiger partial charge in [-0.1, -0.05) is 37.3 Å². The first-order valence-electron chi connectivity index (χ1n) is 10.2. The number of benzene rings is 2. The number of amides is 1. The molecule has 1 heterocycles. The van der Waals surface area contributed by atoms with E-state index in [1.807, 2.05) is 44.2 Å². The van der Waals surface area contributed by atoms with Crippen molar-refractivity contribution in [3.05, 3.63) is 64.7 Å². The van der Waals surface area contributed by atoms with E-state index in [9.17, 15) is 10.1 Å². The third-order valence-electron chi connectivity index (χ3n) is 4.39. The molecule has 0 bridgehead atoms. The molecule has 1 N–H and O–H groups in total. The predicted molar refractivity (Wildman–Crippen MR) is 127 cm³/mol. The van der Waals surface area contributed by atoms with E-state index in [2.05, 4.69) is 15.5 Å². The molecule has 3 rings (SSSR count). The average molecular weight is 465 g/mol. The smallest absolute Gasteiger partial charge is 0.268 e. The van der Waals surface area contributed by atoms with Gasteiger partial charge in [-0.25, -0.2) is 0 Å². The lowest BCUT2D eigenvalue weighted by Gasteiger charge is -2.09. The SMILES string of the molecule is COc1ccc(OCCOc2ccc(/C=C(/C#N)C(=O)Nc3nnc(C(C)C)s3)cc2)cc1. The van der Waals surface area contributed by atoms with Crippen LogP contribution in [0, 0.1) is 11.3 Å². The van der Waals surface area contributed by atoms with Crippen LogP contribution in [0.3, 0.4) is 0 Å². The average Bonchev–Trinajstić information content (AvgIpc) is 3.30. The van der Waals surface area contributed by atoms with Crippen molar-refractivity contribution in [1.29, 1.82) is 5.26 Å². The van der Waals surface area contributed by atoms with Gasteiger partial charge in [-0.2, -0.15) is 5.26 Å². The molecule has 2 aromatic carbocycles. The lowest BCUT2D eigenvalue weighted by molar-refractivity contribution is -0.112. The maximum atomic E-state index is 12.4. The largest absolute Gasteiger partial charge is 0.497 e. The number of methoxy groups -OCH3 is 1. The first-order valence-corrected chi connectivity index (χ1v) is 11.1. The van der Waals surface area contributed by atoms with E-state index in [0.717, 1.165) is 16.5 Å². The topological polar surface area (TPSA) is 106 Å². The minimum absolute atomic E-state index is 0.0298. The van der Waals surface area contributed by atoms with E-state index in [-0.39, 0.29) is 11.5 Å². The number of hydrogen-bond donors (Lipinski definition) is 1. The van der Waals surface area contributed by atoms with E-state index >= 15 is 0 Å². The molecule has 9 heteroatoms. The van der Waals surface area contributed by atoms with Crippen LogP contribution in [-0.4, -0.2) is 36.4 Å². The summed E-state index contributed by atoms with van der Waals surface area (Å²) in [6.07, 6.45) is 1.51. The van der Waals surface area contributed by atoms with Crippen molar-refractivity contribution in [2.75, 3.05) is 25.6 Å². The highest BCUT2D eigenvalue weighted by atomic mass is 32.1. The number of nitrogens with one attached hydrogen (secondary N) is 1. The van der Waals surface area contributed by atoms with Crippen molar-refractivity contribution < 1.29 is 19.0 Å². The second kappa shape index (κ2) is 11.6. The van der Waals surface area contributed by atoms with Gasteiger partial charge in [-0.05, 0) is 48.0 Å². The zero-order chi connectivity index (χ0) is 23.6. The molecule has 0 radical (unpaired) electrons. The van der Waals surface area contributed by atoms with Crippen molar-refractivity contribution in [3.63, 3.8) is 0 Å². The molecular weight excluding hydrogens is 440 g/mol. The number of carbonyl (C=O) groups excluding carboxylic acids is 1. The molecule has 1 amide bonds. The molecule has 170 valence electrons. The van der Waals surface area contributed by atoms with Crippen LogP contribution in [0.25, 0.3) is 6.08 Å². The molecule has 33 heavy (non-hydrogen) atoms. The van der Waals surface area contributed by atoms with Gasteiger partial charge in [0.25, 0.3) is 5.91 Å². The Balaban J connectivity index is 1.50. The Kier molecular flexibility index (Phi) is 8.38. The molecule has 0 aliphatic carbocycles. The fourth-order valence-electron chi connectivity index (χ4n) is 2.65. The number of ether oxygens (including phenoxy) is 3. The van der Waals surface area contributed by atoms with Gasteiger partial charge in [-0.3, -0.25) is 10.1 Å². The van der Waals surface area contributed by atoms with Crippen LogP contribution in [0.15, 0.2) is 54.1 Å². The molecule has 0 fully saturated rings. The number of nitrogens with zero attached hydrogens (tertiary/aromatic N) is 3. The summed E-state index contributed by atoms with van der Waals surface area (Å²) in [5, 5.41) is 21.2. The van der Waals surface area contributed by atoms with Crippen LogP contribution in [0.4, 0.5) is 5.13 Å². The molecular formula is C24H24N4O4S. The molecule has 0 atom stereocenters. The standard InChI is InChI=1S/C24H24N4O4S/c1-16(2)23-27-28-24(33-23)26-22(29)18(15-25)14-17-4-6-20(7-5-17)31-12-13-32-21-10-8-19(30-3)9-11-21/h4-11,14,16H,12-13H2,1-3H3,(H,26,28,29)/b18-14-. The van der Waals surface area contributed by atoms with Crippen LogP contribution in [0.5, 0.6) is 17.2 Å². The molecule has 0 aliphatic heterocycles. The van der Waals surface area contributed by atoms with Crippen LogP contribution >= 0.6 is 11.3 Å². The molecule has 1 aromatic heterocycles. The summed E-state index contributed by atoms with van der Waals surface area (Å²) in [5.74, 6) is 1.85. The lowest BCUT2D eigenvalue weighted by Crippen LogP contribution is -2.13. The Morgan fingerprint density at radius 2 is 1.61 bits per heavy atom. The second-order valence-corrected chi connectivity index (χ2v) is 8.17. The Labute approximate surface area is 196 Å². The summed E-state index contributed by atoms with van der Waals surface area (Å²) in [5.41, 5.74) is 0.668. The van der Waals surface area contributed by atoms with Crippen LogP contribution in [0.2, 0.25) is 0 Å². The molecule has 0 spiro atoms. The highest BCUT2D eigenvalue weighted by Gasteiger charge is 2.14. The van der Waals surface area contributed by atoms with E-state index < -0.39 is 5.91 Å². The molecule has 0 saturated heterocycles.